The number of hydrogen-bond acceptors (Lipinski definition) is 3. The zero-order chi connectivity index (χ0) is 18.1. The van der Waals surface area contributed by atoms with Crippen LogP contribution in [0.4, 0.5) is 5.69 Å². The highest BCUT2D eigenvalue weighted by atomic mass is 35.5. The van der Waals surface area contributed by atoms with Gasteiger partial charge in [0, 0.05) is 33.9 Å². The number of fused-ring (bicyclic) bond motifs is 1. The van der Waals surface area contributed by atoms with Crippen molar-refractivity contribution in [2.45, 2.75) is 18.6 Å². The number of carbonyl (C=O) groups excluding carboxylic acids is 1. The summed E-state index contributed by atoms with van der Waals surface area (Å²) in [5.41, 5.74) is 1.91. The molecule has 7 heteroatoms. The number of likely N-dealkylation sites (N-methyl/N-ethyl adjacent to an activating group) is 1. The maximum atomic E-state index is 12.7. The Morgan fingerprint density at radius 1 is 1.20 bits per heavy atom. The number of hydrogen-bond donors (Lipinski definition) is 1. The van der Waals surface area contributed by atoms with Crippen molar-refractivity contribution >= 4 is 40.8 Å². The fraction of sp³-hybridized carbons (Fsp3) is 0.222. The summed E-state index contributed by atoms with van der Waals surface area (Å²) < 4.78 is 5.94. The Morgan fingerprint density at radius 3 is 2.60 bits per heavy atom. The van der Waals surface area contributed by atoms with Crippen LogP contribution in [0.3, 0.4) is 0 Å². The minimum absolute atomic E-state index is 0.430. The van der Waals surface area contributed by atoms with E-state index < -0.39 is 30.5 Å². The van der Waals surface area contributed by atoms with E-state index in [1.807, 2.05) is 0 Å². The fourth-order valence-corrected chi connectivity index (χ4v) is 3.31. The lowest BCUT2D eigenvalue weighted by molar-refractivity contribution is -0.146. The van der Waals surface area contributed by atoms with E-state index in [1.54, 1.807) is 49.5 Å². The summed E-state index contributed by atoms with van der Waals surface area (Å²) in [7, 11) is 1.59. The molecule has 130 valence electrons. The number of nitrogens with zero attached hydrogens (tertiary/aromatic N) is 1. The van der Waals surface area contributed by atoms with Gasteiger partial charge < -0.3 is 14.7 Å². The van der Waals surface area contributed by atoms with Crippen molar-refractivity contribution in [3.05, 3.63) is 63.6 Å². The van der Waals surface area contributed by atoms with E-state index in [4.69, 9.17) is 33.0 Å². The number of anilines is 1. The summed E-state index contributed by atoms with van der Waals surface area (Å²) in [6.45, 7) is 0. The van der Waals surface area contributed by atoms with Crippen LogP contribution in [0.1, 0.15) is 23.7 Å². The Kier molecular flexibility index (Phi) is 4.99. The SMILES string of the molecule is CN1C(=O)[C@H](CC(=O)O)O[C@@H](c2ccccc2Cl)c2cc(Cl)ccc21. The number of aliphatic carboxylic acids is 1. The van der Waals surface area contributed by atoms with Gasteiger partial charge in [-0.15, -0.1) is 0 Å². The predicted molar refractivity (Wildman–Crippen MR) is 95.3 cm³/mol. The molecule has 0 spiro atoms. The average Bonchev–Trinajstić information content (AvgIpc) is 2.66. The minimum Gasteiger partial charge on any atom is -0.481 e. The molecule has 3 rings (SSSR count). The summed E-state index contributed by atoms with van der Waals surface area (Å²) in [6, 6.07) is 12.2. The van der Waals surface area contributed by atoms with Crippen molar-refractivity contribution in [1.82, 2.24) is 0 Å². The molecule has 1 aliphatic rings. The zero-order valence-electron chi connectivity index (χ0n) is 13.3. The largest absolute Gasteiger partial charge is 0.481 e. The third-order valence-corrected chi connectivity index (χ3v) is 4.67. The summed E-state index contributed by atoms with van der Waals surface area (Å²) in [5, 5.41) is 10.1. The van der Waals surface area contributed by atoms with Gasteiger partial charge in [0.1, 0.15) is 12.2 Å². The van der Waals surface area contributed by atoms with Gasteiger partial charge in [0.05, 0.1) is 6.42 Å². The number of rotatable bonds is 3. The number of carboxylic acid groups (broad SMARTS) is 1. The maximum absolute atomic E-state index is 12.7. The molecule has 2 aromatic rings. The maximum Gasteiger partial charge on any atom is 0.306 e. The van der Waals surface area contributed by atoms with Gasteiger partial charge in [0.15, 0.2) is 0 Å². The lowest BCUT2D eigenvalue weighted by Crippen LogP contribution is -2.38. The van der Waals surface area contributed by atoms with Crippen molar-refractivity contribution in [2.75, 3.05) is 11.9 Å². The van der Waals surface area contributed by atoms with Crippen LogP contribution < -0.4 is 4.90 Å². The standard InChI is InChI=1S/C18H15Cl2NO4/c1-21-14-7-6-10(19)8-12(14)17(11-4-2-3-5-13(11)20)25-15(18(21)24)9-16(22)23/h2-8,15,17H,9H2,1H3,(H,22,23)/t15-,17-/m0/s1. The van der Waals surface area contributed by atoms with Gasteiger partial charge >= 0.3 is 5.97 Å². The highest BCUT2D eigenvalue weighted by Crippen LogP contribution is 2.41. The first kappa shape index (κ1) is 17.7. The van der Waals surface area contributed by atoms with Crippen LogP contribution in [0, 0.1) is 0 Å². The third-order valence-electron chi connectivity index (χ3n) is 4.09. The lowest BCUT2D eigenvalue weighted by Gasteiger charge is -2.22. The average molecular weight is 380 g/mol. The summed E-state index contributed by atoms with van der Waals surface area (Å²) in [4.78, 5) is 25.2. The molecule has 0 saturated heterocycles. The van der Waals surface area contributed by atoms with Gasteiger partial charge in [0.2, 0.25) is 0 Å². The molecule has 0 aromatic heterocycles. The molecule has 25 heavy (non-hydrogen) atoms. The Balaban J connectivity index is 2.18. The highest BCUT2D eigenvalue weighted by molar-refractivity contribution is 6.31. The van der Waals surface area contributed by atoms with Crippen LogP contribution in [-0.4, -0.2) is 30.1 Å². The van der Waals surface area contributed by atoms with Crippen LogP contribution in [0.2, 0.25) is 10.0 Å². The number of ether oxygens (including phenoxy) is 1. The molecule has 2 aromatic carbocycles. The van der Waals surface area contributed by atoms with Crippen molar-refractivity contribution in [2.24, 2.45) is 0 Å². The van der Waals surface area contributed by atoms with Gasteiger partial charge in [-0.3, -0.25) is 9.59 Å². The highest BCUT2D eigenvalue weighted by Gasteiger charge is 2.36. The molecule has 0 aliphatic carbocycles. The Bertz CT molecular complexity index is 840. The molecule has 1 aliphatic heterocycles. The lowest BCUT2D eigenvalue weighted by atomic mass is 9.99. The molecule has 2 atom stereocenters. The number of amides is 1. The summed E-state index contributed by atoms with van der Waals surface area (Å²) in [5.74, 6) is -1.55. The van der Waals surface area contributed by atoms with Gasteiger partial charge in [-0.05, 0) is 24.3 Å². The van der Waals surface area contributed by atoms with E-state index in [0.717, 1.165) is 0 Å². The molecular weight excluding hydrogens is 365 g/mol. The van der Waals surface area contributed by atoms with Crippen LogP contribution >= 0.6 is 23.2 Å². The number of carboxylic acids is 1. The molecule has 0 radical (unpaired) electrons. The number of halogens is 2. The third kappa shape index (κ3) is 3.49. The van der Waals surface area contributed by atoms with Crippen molar-refractivity contribution in [3.63, 3.8) is 0 Å². The monoisotopic (exact) mass is 379 g/mol. The normalized spacial score (nSPS) is 20.1. The van der Waals surface area contributed by atoms with Crippen molar-refractivity contribution in [1.29, 1.82) is 0 Å². The van der Waals surface area contributed by atoms with Crippen LogP contribution in [0.5, 0.6) is 0 Å². The first-order valence-electron chi connectivity index (χ1n) is 7.57. The second kappa shape index (κ2) is 7.04. The second-order valence-electron chi connectivity index (χ2n) is 5.72. The quantitative estimate of drug-likeness (QED) is 0.877. The Morgan fingerprint density at radius 2 is 1.92 bits per heavy atom. The Hall–Kier alpha value is -2.08. The predicted octanol–water partition coefficient (Wildman–Crippen LogP) is 3.92. The van der Waals surface area contributed by atoms with Gasteiger partial charge in [-0.25, -0.2) is 0 Å². The molecule has 0 bridgehead atoms. The molecular formula is C18H15Cl2NO4. The Labute approximate surface area is 154 Å². The number of carbonyl (C=O) groups is 2. The molecule has 1 heterocycles. The van der Waals surface area contributed by atoms with Crippen LogP contribution in [0.15, 0.2) is 42.5 Å². The van der Waals surface area contributed by atoms with E-state index in [0.29, 0.717) is 26.9 Å². The smallest absolute Gasteiger partial charge is 0.306 e. The van der Waals surface area contributed by atoms with Gasteiger partial charge in [-0.2, -0.15) is 0 Å². The number of benzene rings is 2. The molecule has 0 unspecified atom stereocenters. The van der Waals surface area contributed by atoms with E-state index in [9.17, 15) is 9.59 Å². The van der Waals surface area contributed by atoms with Crippen LogP contribution in [-0.2, 0) is 14.3 Å². The minimum atomic E-state index is -1.13. The molecule has 1 N–H and O–H groups in total. The summed E-state index contributed by atoms with van der Waals surface area (Å²) >= 11 is 12.5. The fourth-order valence-electron chi connectivity index (χ4n) is 2.89. The van der Waals surface area contributed by atoms with E-state index in [2.05, 4.69) is 0 Å². The second-order valence-corrected chi connectivity index (χ2v) is 6.57. The molecule has 1 amide bonds. The van der Waals surface area contributed by atoms with E-state index in [1.165, 1.54) is 4.90 Å². The zero-order valence-corrected chi connectivity index (χ0v) is 14.8. The van der Waals surface area contributed by atoms with E-state index in [-0.39, 0.29) is 0 Å². The van der Waals surface area contributed by atoms with Crippen molar-refractivity contribution < 1.29 is 19.4 Å². The summed E-state index contributed by atoms with van der Waals surface area (Å²) in [6.07, 6.45) is -2.28. The van der Waals surface area contributed by atoms with Gasteiger partial charge in [0.25, 0.3) is 5.91 Å². The molecule has 0 saturated carbocycles. The first-order valence-corrected chi connectivity index (χ1v) is 8.32. The molecule has 0 fully saturated rings. The van der Waals surface area contributed by atoms with Crippen molar-refractivity contribution in [3.8, 4) is 0 Å². The van der Waals surface area contributed by atoms with E-state index >= 15 is 0 Å². The topological polar surface area (TPSA) is 66.8 Å². The van der Waals surface area contributed by atoms with Crippen LogP contribution in [0.25, 0.3) is 0 Å². The first-order chi connectivity index (χ1) is 11.9. The van der Waals surface area contributed by atoms with Gasteiger partial charge in [-0.1, -0.05) is 41.4 Å². The molecule has 5 nitrogen and oxygen atoms in total.